The lowest BCUT2D eigenvalue weighted by molar-refractivity contribution is -0.137. The minimum absolute atomic E-state index is 0.00386. The van der Waals surface area contributed by atoms with Gasteiger partial charge in [-0.3, -0.25) is 4.79 Å². The lowest BCUT2D eigenvalue weighted by Gasteiger charge is -2.15. The van der Waals surface area contributed by atoms with E-state index >= 15 is 0 Å². The summed E-state index contributed by atoms with van der Waals surface area (Å²) in [4.78, 5) is 12.2. The fourth-order valence-electron chi connectivity index (χ4n) is 2.20. The highest BCUT2D eigenvalue weighted by Gasteiger charge is 2.31. The summed E-state index contributed by atoms with van der Waals surface area (Å²) in [5.41, 5.74) is -0.446. The van der Waals surface area contributed by atoms with Gasteiger partial charge in [-0.05, 0) is 42.3 Å². The minimum atomic E-state index is -4.54. The molecule has 1 amide bonds. The Morgan fingerprint density at radius 1 is 1.16 bits per heavy atom. The second-order valence-corrected chi connectivity index (χ2v) is 6.02. The Hall–Kier alpha value is -2.41. The second-order valence-electron chi connectivity index (χ2n) is 5.61. The maximum Gasteiger partial charge on any atom is 0.416 e. The predicted octanol–water partition coefficient (Wildman–Crippen LogP) is 4.59. The number of alkyl halides is 3. The predicted molar refractivity (Wildman–Crippen MR) is 87.7 cm³/mol. The van der Waals surface area contributed by atoms with Gasteiger partial charge in [-0.1, -0.05) is 24.6 Å². The number of rotatable bonds is 4. The first-order chi connectivity index (χ1) is 11.6. The summed E-state index contributed by atoms with van der Waals surface area (Å²) < 4.78 is 38.3. The Balaban J connectivity index is 2.12. The molecule has 2 aromatic rings. The molecule has 4 nitrogen and oxygen atoms in total. The number of hydrogen-bond donors (Lipinski definition) is 3. The first-order valence-corrected chi connectivity index (χ1v) is 7.64. The highest BCUT2D eigenvalue weighted by atomic mass is 35.5. The Labute approximate surface area is 146 Å². The van der Waals surface area contributed by atoms with Gasteiger partial charge in [0.05, 0.1) is 16.3 Å². The highest BCUT2D eigenvalue weighted by Crippen LogP contribution is 2.34. The molecule has 0 fully saturated rings. The number of carbonyl (C=O) groups is 1. The summed E-state index contributed by atoms with van der Waals surface area (Å²) in [6, 6.07) is 6.83. The van der Waals surface area contributed by atoms with Crippen molar-refractivity contribution >= 4 is 23.2 Å². The van der Waals surface area contributed by atoms with Crippen LogP contribution in [0, 0.1) is 5.92 Å². The van der Waals surface area contributed by atoms with Crippen molar-refractivity contribution in [1.82, 2.24) is 0 Å². The van der Waals surface area contributed by atoms with Crippen molar-refractivity contribution in [2.75, 3.05) is 5.32 Å². The van der Waals surface area contributed by atoms with E-state index in [0.717, 1.165) is 18.2 Å². The van der Waals surface area contributed by atoms with E-state index in [0.29, 0.717) is 5.56 Å². The van der Waals surface area contributed by atoms with E-state index < -0.39 is 23.6 Å². The zero-order valence-corrected chi connectivity index (χ0v) is 13.8. The van der Waals surface area contributed by atoms with Gasteiger partial charge in [0.25, 0.3) is 0 Å². The molecule has 0 heterocycles. The monoisotopic (exact) mass is 373 g/mol. The molecule has 25 heavy (non-hydrogen) atoms. The molecule has 0 saturated heterocycles. The molecule has 0 aliphatic heterocycles. The fraction of sp³-hybridized carbons (Fsp3) is 0.235. The van der Waals surface area contributed by atoms with Gasteiger partial charge in [0.2, 0.25) is 5.91 Å². The third kappa shape index (κ3) is 4.79. The standard InChI is InChI=1S/C17H15ClF3NO3/c1-9(6-10-2-5-14(23)15(24)7-10)16(25)22-13-8-11(17(19,20)21)3-4-12(13)18/h2-5,7-9,23-24H,6H2,1H3,(H,22,25). The molecule has 0 aliphatic rings. The van der Waals surface area contributed by atoms with E-state index in [1.54, 1.807) is 6.92 Å². The normalized spacial score (nSPS) is 12.7. The number of halogens is 4. The van der Waals surface area contributed by atoms with Crippen LogP contribution in [-0.4, -0.2) is 16.1 Å². The largest absolute Gasteiger partial charge is 0.504 e. The number of anilines is 1. The van der Waals surface area contributed by atoms with Gasteiger partial charge in [0.15, 0.2) is 11.5 Å². The van der Waals surface area contributed by atoms with E-state index in [-0.39, 0.29) is 28.6 Å². The maximum atomic E-state index is 12.8. The quantitative estimate of drug-likeness (QED) is 0.687. The van der Waals surface area contributed by atoms with Gasteiger partial charge in [-0.15, -0.1) is 0 Å². The van der Waals surface area contributed by atoms with E-state index in [1.165, 1.54) is 18.2 Å². The van der Waals surface area contributed by atoms with Crippen LogP contribution in [-0.2, 0) is 17.4 Å². The number of phenolic OH excluding ortho intramolecular Hbond substituents is 2. The molecule has 0 aromatic heterocycles. The lowest BCUT2D eigenvalue weighted by atomic mass is 10.00. The molecule has 134 valence electrons. The third-order valence-electron chi connectivity index (χ3n) is 3.58. The summed E-state index contributed by atoms with van der Waals surface area (Å²) >= 11 is 5.85. The molecule has 0 aliphatic carbocycles. The van der Waals surface area contributed by atoms with Crippen LogP contribution in [0.4, 0.5) is 18.9 Å². The maximum absolute atomic E-state index is 12.8. The number of hydrogen-bond acceptors (Lipinski definition) is 3. The first-order valence-electron chi connectivity index (χ1n) is 7.26. The van der Waals surface area contributed by atoms with Crippen molar-refractivity contribution in [3.63, 3.8) is 0 Å². The van der Waals surface area contributed by atoms with E-state index in [9.17, 15) is 28.2 Å². The molecule has 0 radical (unpaired) electrons. The summed E-state index contributed by atoms with van der Waals surface area (Å²) in [5.74, 6) is -1.72. The van der Waals surface area contributed by atoms with Crippen LogP contribution in [0.1, 0.15) is 18.1 Å². The zero-order chi connectivity index (χ0) is 18.8. The van der Waals surface area contributed by atoms with Crippen LogP contribution in [0.15, 0.2) is 36.4 Å². The van der Waals surface area contributed by atoms with Crippen LogP contribution in [0.5, 0.6) is 11.5 Å². The molecule has 0 saturated carbocycles. The van der Waals surface area contributed by atoms with Crippen LogP contribution in [0.25, 0.3) is 0 Å². The van der Waals surface area contributed by atoms with Gasteiger partial charge in [-0.2, -0.15) is 13.2 Å². The summed E-state index contributed by atoms with van der Waals surface area (Å²) in [5, 5.41) is 21.1. The Morgan fingerprint density at radius 2 is 1.84 bits per heavy atom. The van der Waals surface area contributed by atoms with Crippen molar-refractivity contribution in [3.8, 4) is 11.5 Å². The van der Waals surface area contributed by atoms with Crippen molar-refractivity contribution in [2.24, 2.45) is 5.92 Å². The molecule has 1 atom stereocenters. The number of phenols is 2. The smallest absolute Gasteiger partial charge is 0.416 e. The van der Waals surface area contributed by atoms with Gasteiger partial charge < -0.3 is 15.5 Å². The number of amides is 1. The molecule has 0 spiro atoms. The summed E-state index contributed by atoms with van der Waals surface area (Å²) in [6.07, 6.45) is -4.32. The van der Waals surface area contributed by atoms with E-state index in [4.69, 9.17) is 11.6 Å². The Kier molecular flexibility index (Phi) is 5.47. The second kappa shape index (κ2) is 7.23. The number of aromatic hydroxyl groups is 2. The van der Waals surface area contributed by atoms with Crippen molar-refractivity contribution < 1.29 is 28.2 Å². The third-order valence-corrected chi connectivity index (χ3v) is 3.91. The molecular formula is C17H15ClF3NO3. The molecule has 1 unspecified atom stereocenters. The molecular weight excluding hydrogens is 359 g/mol. The fourth-order valence-corrected chi connectivity index (χ4v) is 2.36. The van der Waals surface area contributed by atoms with E-state index in [1.807, 2.05) is 0 Å². The van der Waals surface area contributed by atoms with Gasteiger partial charge in [0, 0.05) is 5.92 Å². The van der Waals surface area contributed by atoms with Crippen LogP contribution < -0.4 is 5.32 Å². The topological polar surface area (TPSA) is 69.6 Å². The SMILES string of the molecule is CC(Cc1ccc(O)c(O)c1)C(=O)Nc1cc(C(F)(F)F)ccc1Cl. The average molecular weight is 374 g/mol. The lowest BCUT2D eigenvalue weighted by Crippen LogP contribution is -2.22. The Bertz CT molecular complexity index is 793. The number of nitrogens with one attached hydrogen (secondary N) is 1. The molecule has 2 aromatic carbocycles. The molecule has 8 heteroatoms. The summed E-state index contributed by atoms with van der Waals surface area (Å²) in [7, 11) is 0. The Morgan fingerprint density at radius 3 is 2.44 bits per heavy atom. The van der Waals surface area contributed by atoms with E-state index in [2.05, 4.69) is 5.32 Å². The molecule has 0 bridgehead atoms. The van der Waals surface area contributed by atoms with Crippen LogP contribution >= 0.6 is 11.6 Å². The first kappa shape index (κ1) is 18.9. The van der Waals surface area contributed by atoms with Gasteiger partial charge >= 0.3 is 6.18 Å². The van der Waals surface area contributed by atoms with Crippen LogP contribution in [0.2, 0.25) is 5.02 Å². The van der Waals surface area contributed by atoms with Crippen LogP contribution in [0.3, 0.4) is 0 Å². The van der Waals surface area contributed by atoms with Crippen molar-refractivity contribution in [1.29, 1.82) is 0 Å². The zero-order valence-electron chi connectivity index (χ0n) is 13.1. The minimum Gasteiger partial charge on any atom is -0.504 e. The number of benzene rings is 2. The average Bonchev–Trinajstić information content (AvgIpc) is 2.51. The molecule has 2 rings (SSSR count). The molecule has 3 N–H and O–H groups in total. The van der Waals surface area contributed by atoms with Gasteiger partial charge in [-0.25, -0.2) is 0 Å². The van der Waals surface area contributed by atoms with Gasteiger partial charge in [0.1, 0.15) is 0 Å². The van der Waals surface area contributed by atoms with Crippen molar-refractivity contribution in [3.05, 3.63) is 52.5 Å². The number of carbonyl (C=O) groups excluding carboxylic acids is 1. The summed E-state index contributed by atoms with van der Waals surface area (Å²) in [6.45, 7) is 1.58. The highest BCUT2D eigenvalue weighted by molar-refractivity contribution is 6.33. The van der Waals surface area contributed by atoms with Crippen molar-refractivity contribution in [2.45, 2.75) is 19.5 Å².